The van der Waals surface area contributed by atoms with Crippen molar-refractivity contribution in [2.45, 2.75) is 64.5 Å². The molecule has 37 heavy (non-hydrogen) atoms. The zero-order chi connectivity index (χ0) is 27.4. The Hall–Kier alpha value is -2.64. The van der Waals surface area contributed by atoms with E-state index in [0.717, 1.165) is 49.8 Å². The molecule has 0 bridgehead atoms. The molecule has 4 rings (SSSR count). The van der Waals surface area contributed by atoms with E-state index in [2.05, 4.69) is 61.6 Å². The first-order valence-electron chi connectivity index (χ1n) is 13.0. The summed E-state index contributed by atoms with van der Waals surface area (Å²) < 4.78 is 0. The number of carbonyl (C=O) groups is 1. The molecule has 202 valence electrons. The van der Waals surface area contributed by atoms with Crippen molar-refractivity contribution in [3.8, 4) is 0 Å². The van der Waals surface area contributed by atoms with Gasteiger partial charge in [0.15, 0.2) is 0 Å². The summed E-state index contributed by atoms with van der Waals surface area (Å²) in [6, 6.07) is 9.49. The van der Waals surface area contributed by atoms with E-state index >= 15 is 0 Å². The maximum absolute atomic E-state index is 11.1. The van der Waals surface area contributed by atoms with Gasteiger partial charge in [0, 0.05) is 43.9 Å². The molecule has 2 heterocycles. The van der Waals surface area contributed by atoms with Crippen molar-refractivity contribution >= 4 is 29.0 Å². The van der Waals surface area contributed by atoms with E-state index in [1.165, 1.54) is 30.4 Å². The summed E-state index contributed by atoms with van der Waals surface area (Å²) in [7, 11) is 5.04. The molecular weight excluding hydrogens is 484 g/mol. The number of hydrogen-bond acceptors (Lipinski definition) is 6. The molecule has 0 radical (unpaired) electrons. The van der Waals surface area contributed by atoms with Gasteiger partial charge in [-0.2, -0.15) is 0 Å². The second-order valence-corrected chi connectivity index (χ2v) is 9.68. The Labute approximate surface area is 228 Å². The summed E-state index contributed by atoms with van der Waals surface area (Å²) in [5.41, 5.74) is 9.30. The zero-order valence-electron chi connectivity index (χ0n) is 22.9. The second-order valence-electron chi connectivity index (χ2n) is 9.32. The number of hydrogen-bond donors (Lipinski definition) is 3. The van der Waals surface area contributed by atoms with Crippen LogP contribution in [0.2, 0.25) is 0 Å². The number of halogens is 1. The average Bonchev–Trinajstić information content (AvgIpc) is 3.22. The van der Waals surface area contributed by atoms with E-state index in [-0.39, 0.29) is 6.04 Å². The van der Waals surface area contributed by atoms with Gasteiger partial charge in [-0.15, -0.1) is 0 Å². The number of allylic oxidation sites excluding steroid dienone is 4. The van der Waals surface area contributed by atoms with Gasteiger partial charge in [-0.25, -0.2) is 5.43 Å². The Morgan fingerprint density at radius 3 is 2.49 bits per heavy atom. The maximum Gasteiger partial charge on any atom is 0.150 e. The van der Waals surface area contributed by atoms with Crippen LogP contribution in [0.15, 0.2) is 71.8 Å². The van der Waals surface area contributed by atoms with E-state index in [0.29, 0.717) is 16.4 Å². The Kier molecular flexibility index (Phi) is 12.9. The van der Waals surface area contributed by atoms with Crippen LogP contribution in [0.5, 0.6) is 0 Å². The predicted octanol–water partition coefficient (Wildman–Crippen LogP) is 5.80. The van der Waals surface area contributed by atoms with Crippen LogP contribution in [0.25, 0.3) is 11.1 Å². The molecule has 1 aromatic carbocycles. The van der Waals surface area contributed by atoms with Crippen molar-refractivity contribution in [2.24, 2.45) is 0 Å². The number of aliphatic hydroxyl groups excluding tert-OH is 1. The normalized spacial score (nSPS) is 19.5. The van der Waals surface area contributed by atoms with Crippen LogP contribution >= 0.6 is 11.6 Å². The third-order valence-corrected chi connectivity index (χ3v) is 7.12. The lowest BCUT2D eigenvalue weighted by molar-refractivity contribution is -0.104. The Bertz CT molecular complexity index is 1040. The van der Waals surface area contributed by atoms with Crippen molar-refractivity contribution in [1.82, 2.24) is 20.7 Å². The topological polar surface area (TPSA) is 67.8 Å². The molecule has 6 nitrogen and oxygen atoms in total. The van der Waals surface area contributed by atoms with Crippen molar-refractivity contribution in [1.29, 1.82) is 0 Å². The number of benzene rings is 1. The molecule has 0 amide bonds. The van der Waals surface area contributed by atoms with Gasteiger partial charge in [-0.05, 0) is 74.1 Å². The summed E-state index contributed by atoms with van der Waals surface area (Å²) >= 11 is 6.96. The van der Waals surface area contributed by atoms with Crippen molar-refractivity contribution in [3.05, 3.63) is 82.9 Å². The molecule has 1 atom stereocenters. The van der Waals surface area contributed by atoms with Gasteiger partial charge in [0.2, 0.25) is 0 Å². The fraction of sp³-hybridized carbons (Fsp3) is 0.433. The van der Waals surface area contributed by atoms with Gasteiger partial charge < -0.3 is 20.3 Å². The molecule has 3 aliphatic rings. The summed E-state index contributed by atoms with van der Waals surface area (Å²) in [4.78, 5) is 12.9. The van der Waals surface area contributed by atoms with Crippen LogP contribution in [0.4, 0.5) is 0 Å². The van der Waals surface area contributed by atoms with Gasteiger partial charge in [-0.3, -0.25) is 4.79 Å². The number of carbonyl (C=O) groups excluding carboxylic acids is 1. The number of aldehydes is 1. The number of nitrogens with one attached hydrogen (secondary N) is 2. The van der Waals surface area contributed by atoms with E-state index in [4.69, 9.17) is 16.7 Å². The number of unbranched alkanes of at least 4 members (excludes halogenated alkanes) is 1. The minimum absolute atomic E-state index is 0.218. The molecule has 1 unspecified atom stereocenters. The first kappa shape index (κ1) is 30.6. The highest BCUT2D eigenvalue weighted by molar-refractivity contribution is 6.32. The van der Waals surface area contributed by atoms with Gasteiger partial charge >= 0.3 is 0 Å². The van der Waals surface area contributed by atoms with Gasteiger partial charge in [-0.1, -0.05) is 62.2 Å². The quantitative estimate of drug-likeness (QED) is 0.294. The molecule has 2 aliphatic heterocycles. The van der Waals surface area contributed by atoms with Crippen LogP contribution in [-0.4, -0.2) is 54.6 Å². The summed E-state index contributed by atoms with van der Waals surface area (Å²) in [5, 5.41) is 12.8. The van der Waals surface area contributed by atoms with Crippen molar-refractivity contribution in [3.63, 3.8) is 0 Å². The molecule has 0 spiro atoms. The molecule has 0 aromatic heterocycles. The van der Waals surface area contributed by atoms with Gasteiger partial charge in [0.1, 0.15) is 11.4 Å². The lowest BCUT2D eigenvalue weighted by Gasteiger charge is -2.26. The lowest BCUT2D eigenvalue weighted by Crippen LogP contribution is -2.31. The minimum atomic E-state index is 0.218. The smallest absolute Gasteiger partial charge is 0.150 e. The molecule has 1 aliphatic carbocycles. The molecular formula is C30H43ClN4O2. The summed E-state index contributed by atoms with van der Waals surface area (Å²) in [5.74, 6) is 0. The number of aliphatic hydroxyl groups is 1. The highest BCUT2D eigenvalue weighted by atomic mass is 35.5. The van der Waals surface area contributed by atoms with Crippen LogP contribution in [0, 0.1) is 0 Å². The highest BCUT2D eigenvalue weighted by Crippen LogP contribution is 2.37. The van der Waals surface area contributed by atoms with Gasteiger partial charge in [0.25, 0.3) is 0 Å². The molecule has 0 saturated heterocycles. The van der Waals surface area contributed by atoms with Crippen LogP contribution < -0.4 is 10.7 Å². The fourth-order valence-electron chi connectivity index (χ4n) is 4.41. The average molecular weight is 527 g/mol. The Morgan fingerprint density at radius 2 is 2.00 bits per heavy atom. The van der Waals surface area contributed by atoms with Gasteiger partial charge in [0.05, 0.1) is 6.04 Å². The standard InChI is InChI=1S/C24H28ClN3O.C5H11N.CH4O/c1-5-6-9-22(24(25)28-13-12-19(16-29)14-17(28)2)20-10-7-8-11-21(20)23-15-27(4)26-18(23)3;1-6-5-3-2-4-5;1-2/h7-8,10-16,18,26H,2,5-6,9H2,1,3-4H3;5-6H,2-4H2,1H3;2H,1H3/b24-22+;;. The molecule has 3 N–H and O–H groups in total. The minimum Gasteiger partial charge on any atom is -0.400 e. The van der Waals surface area contributed by atoms with E-state index in [1.807, 2.05) is 30.2 Å². The first-order chi connectivity index (χ1) is 17.9. The number of rotatable bonds is 8. The Morgan fingerprint density at radius 1 is 1.30 bits per heavy atom. The molecule has 1 aromatic rings. The third-order valence-electron chi connectivity index (χ3n) is 6.71. The molecule has 1 fully saturated rings. The fourth-order valence-corrected chi connectivity index (χ4v) is 4.77. The van der Waals surface area contributed by atoms with Crippen molar-refractivity contribution < 1.29 is 9.90 Å². The third kappa shape index (κ3) is 8.17. The second kappa shape index (κ2) is 15.6. The van der Waals surface area contributed by atoms with Crippen LogP contribution in [0.3, 0.4) is 0 Å². The van der Waals surface area contributed by atoms with Crippen LogP contribution in [0.1, 0.15) is 63.5 Å². The highest BCUT2D eigenvalue weighted by Gasteiger charge is 2.24. The maximum atomic E-state index is 11.1. The van der Waals surface area contributed by atoms with E-state index in [9.17, 15) is 4.79 Å². The lowest BCUT2D eigenvalue weighted by atomic mass is 9.90. The van der Waals surface area contributed by atoms with E-state index < -0.39 is 0 Å². The number of hydrazine groups is 1. The van der Waals surface area contributed by atoms with E-state index in [1.54, 1.807) is 12.2 Å². The zero-order valence-corrected chi connectivity index (χ0v) is 23.7. The molecule has 7 heteroatoms. The first-order valence-corrected chi connectivity index (χ1v) is 13.4. The summed E-state index contributed by atoms with van der Waals surface area (Å²) in [6.45, 7) is 8.42. The predicted molar refractivity (Wildman–Crippen MR) is 156 cm³/mol. The van der Waals surface area contributed by atoms with Crippen molar-refractivity contribution in [2.75, 3.05) is 21.2 Å². The number of nitrogens with zero attached hydrogens (tertiary/aromatic N) is 2. The van der Waals surface area contributed by atoms with Crippen LogP contribution in [-0.2, 0) is 4.79 Å². The SMILES string of the molecule is C=C1C=C(C=O)C=CN1/C(Cl)=C(\CCCC)c1ccccc1C1=CN(C)NC1C.CNC1CCC1.CO. The summed E-state index contributed by atoms with van der Waals surface area (Å²) in [6.07, 6.45) is 15.5. The molecule has 1 saturated carbocycles. The Balaban J connectivity index is 0.000000519. The monoisotopic (exact) mass is 526 g/mol. The largest absolute Gasteiger partial charge is 0.400 e.